The number of nitrogens with zero attached hydrogens (tertiary/aromatic N) is 5. The minimum absolute atomic E-state index is 0.464. The first kappa shape index (κ1) is 13.6. The van der Waals surface area contributed by atoms with Gasteiger partial charge in [0.2, 0.25) is 5.95 Å². The fourth-order valence-electron chi connectivity index (χ4n) is 1.94. The third-order valence-electron chi connectivity index (χ3n) is 2.98. The Balaban J connectivity index is 2.03. The van der Waals surface area contributed by atoms with Gasteiger partial charge < -0.3 is 9.62 Å². The van der Waals surface area contributed by atoms with Gasteiger partial charge in [-0.25, -0.2) is 9.66 Å². The zero-order valence-corrected chi connectivity index (χ0v) is 12.6. The van der Waals surface area contributed by atoms with Crippen molar-refractivity contribution in [2.75, 3.05) is 9.62 Å². The van der Waals surface area contributed by atoms with Gasteiger partial charge in [-0.1, -0.05) is 17.7 Å². The van der Waals surface area contributed by atoms with Crippen LogP contribution in [-0.2, 0) is 0 Å². The Hall–Kier alpha value is -2.43. The van der Waals surface area contributed by atoms with Crippen LogP contribution in [-0.4, -0.2) is 42.9 Å². The van der Waals surface area contributed by atoms with Gasteiger partial charge in [0.05, 0.1) is 0 Å². The van der Waals surface area contributed by atoms with E-state index in [4.69, 9.17) is 0 Å². The molecule has 0 aliphatic rings. The second kappa shape index (κ2) is 5.52. The van der Waals surface area contributed by atoms with Crippen molar-refractivity contribution in [3.8, 4) is 0 Å². The lowest BCUT2D eigenvalue weighted by atomic mass is 10.2. The third-order valence-corrected chi connectivity index (χ3v) is 3.25. The predicted molar refractivity (Wildman–Crippen MR) is 84.1 cm³/mol. The predicted octanol–water partition coefficient (Wildman–Crippen LogP) is 1.84. The first-order valence-corrected chi connectivity index (χ1v) is 6.81. The second-order valence-electron chi connectivity index (χ2n) is 4.43. The lowest BCUT2D eigenvalue weighted by Gasteiger charge is -2.09. The van der Waals surface area contributed by atoms with Crippen LogP contribution in [0.15, 0.2) is 35.7 Å². The normalized spacial score (nSPS) is 10.5. The highest BCUT2D eigenvalue weighted by atomic mass is 27.1. The maximum Gasteiger partial charge on any atom is 0.308 e. The van der Waals surface area contributed by atoms with E-state index in [0.29, 0.717) is 22.9 Å². The Morgan fingerprint density at radius 2 is 2.00 bits per heavy atom. The number of fused-ring (bicyclic) bond motifs is 1. The number of hydrogen-bond acceptors (Lipinski definition) is 6. The highest BCUT2D eigenvalue weighted by molar-refractivity contribution is 6.17. The van der Waals surface area contributed by atoms with Crippen LogP contribution >= 0.6 is 0 Å². The van der Waals surface area contributed by atoms with Gasteiger partial charge in [0.1, 0.15) is 12.1 Å². The maximum atomic E-state index is 4.42. The molecule has 0 amide bonds. The molecule has 21 heavy (non-hydrogen) atoms. The molecule has 0 atom stereocenters. The third kappa shape index (κ3) is 2.59. The van der Waals surface area contributed by atoms with E-state index in [1.807, 2.05) is 31.2 Å². The average Bonchev–Trinajstić information content (AvgIpc) is 2.92. The number of hydrogen-bond donors (Lipinski definition) is 2. The van der Waals surface area contributed by atoms with Crippen molar-refractivity contribution in [1.29, 1.82) is 0 Å². The molecule has 0 saturated heterocycles. The Morgan fingerprint density at radius 1 is 1.24 bits per heavy atom. The van der Waals surface area contributed by atoms with E-state index in [9.17, 15) is 0 Å². The number of rotatable bonds is 4. The molecule has 1 aromatic carbocycles. The molecule has 3 rings (SSSR count). The van der Waals surface area contributed by atoms with Gasteiger partial charge in [-0.2, -0.15) is 15.1 Å². The summed E-state index contributed by atoms with van der Waals surface area (Å²) in [6.07, 6.45) is 1.55. The SMILES string of the molecule is C=Nn1cnc2nc(Nc3ccc(C)cc3)nc([NH][Al])c21. The summed E-state index contributed by atoms with van der Waals surface area (Å²) in [6.45, 7) is 5.53. The zero-order valence-electron chi connectivity index (χ0n) is 11.4. The van der Waals surface area contributed by atoms with Crippen molar-refractivity contribution in [3.63, 3.8) is 0 Å². The fourth-order valence-corrected chi connectivity index (χ4v) is 2.14. The second-order valence-corrected chi connectivity index (χ2v) is 4.72. The van der Waals surface area contributed by atoms with Crippen molar-refractivity contribution in [3.05, 3.63) is 36.2 Å². The van der Waals surface area contributed by atoms with Crippen molar-refractivity contribution < 1.29 is 0 Å². The summed E-state index contributed by atoms with van der Waals surface area (Å²) in [6, 6.07) is 7.99. The number of nitrogens with one attached hydrogen (secondary N) is 2. The van der Waals surface area contributed by atoms with Crippen molar-refractivity contribution in [1.82, 2.24) is 19.6 Å². The van der Waals surface area contributed by atoms with Crippen LogP contribution in [0.5, 0.6) is 0 Å². The molecule has 0 aliphatic carbocycles. The van der Waals surface area contributed by atoms with Gasteiger partial charge in [0.25, 0.3) is 0 Å². The van der Waals surface area contributed by atoms with Gasteiger partial charge >= 0.3 is 16.5 Å². The lowest BCUT2D eigenvalue weighted by molar-refractivity contribution is 0.918. The molecule has 7 nitrogen and oxygen atoms in total. The van der Waals surface area contributed by atoms with Gasteiger partial charge in [0.15, 0.2) is 11.2 Å². The molecular weight excluding hydrogens is 281 g/mol. The van der Waals surface area contributed by atoms with Gasteiger partial charge in [-0.15, -0.1) is 0 Å². The Kier molecular flexibility index (Phi) is 3.56. The molecule has 2 aromatic heterocycles. The van der Waals surface area contributed by atoms with Crippen LogP contribution in [0, 0.1) is 6.92 Å². The zero-order chi connectivity index (χ0) is 14.8. The molecule has 0 saturated carbocycles. The van der Waals surface area contributed by atoms with Crippen LogP contribution in [0.3, 0.4) is 0 Å². The first-order valence-electron chi connectivity index (χ1n) is 6.23. The van der Waals surface area contributed by atoms with E-state index in [1.165, 1.54) is 10.2 Å². The number of benzene rings is 1. The lowest BCUT2D eigenvalue weighted by Crippen LogP contribution is -2.04. The molecule has 102 valence electrons. The summed E-state index contributed by atoms with van der Waals surface area (Å²) < 4.78 is 4.47. The number of anilines is 3. The summed E-state index contributed by atoms with van der Waals surface area (Å²) >= 11 is 2.41. The van der Waals surface area contributed by atoms with Crippen LogP contribution in [0.25, 0.3) is 11.2 Å². The standard InChI is InChI=1S/C13H12N7.Al/c1-8-3-5-9(6-4-8)17-13-18-11(14)10-12(19-13)16-7-20(10)15-2;/h3-7H,2H2,1H3,(H2-,14,17,18,19);/q-1;+1. The molecule has 0 fully saturated rings. The molecule has 0 unspecified atom stereocenters. The maximum absolute atomic E-state index is 4.42. The quantitative estimate of drug-likeness (QED) is 0.567. The van der Waals surface area contributed by atoms with Gasteiger partial charge in [0, 0.05) is 12.4 Å². The molecule has 2 heterocycles. The van der Waals surface area contributed by atoms with Crippen LogP contribution < -0.4 is 9.62 Å². The fraction of sp³-hybridized carbons (Fsp3) is 0.0769. The molecule has 0 bridgehead atoms. The average molecular weight is 293 g/mol. The number of imidazole rings is 1. The summed E-state index contributed by atoms with van der Waals surface area (Å²) in [7, 11) is 0. The molecule has 0 aliphatic heterocycles. The topological polar surface area (TPSA) is 80.0 Å². The first-order chi connectivity index (χ1) is 10.2. The Bertz CT molecular complexity index is 794. The minimum Gasteiger partial charge on any atom is -0.475 e. The van der Waals surface area contributed by atoms with Gasteiger partial charge in [-0.3, -0.25) is 0 Å². The van der Waals surface area contributed by atoms with Gasteiger partial charge in [-0.05, 0) is 19.1 Å². The highest BCUT2D eigenvalue weighted by Gasteiger charge is 2.12. The van der Waals surface area contributed by atoms with Crippen LogP contribution in [0.4, 0.5) is 17.5 Å². The summed E-state index contributed by atoms with van der Waals surface area (Å²) in [5, 5.41) is 7.00. The Morgan fingerprint density at radius 3 is 2.67 bits per heavy atom. The van der Waals surface area contributed by atoms with E-state index in [-0.39, 0.29) is 0 Å². The summed E-state index contributed by atoms with van der Waals surface area (Å²) in [4.78, 5) is 13.0. The summed E-state index contributed by atoms with van der Waals surface area (Å²) in [5.74, 6) is 1.06. The number of aryl methyl sites for hydroxylation is 1. The van der Waals surface area contributed by atoms with Crippen LogP contribution in [0.1, 0.15) is 5.56 Å². The molecule has 8 heteroatoms. The van der Waals surface area contributed by atoms with E-state index in [1.54, 1.807) is 6.33 Å². The molecule has 2 N–H and O–H groups in total. The molecule has 2 radical (unpaired) electrons. The van der Waals surface area contributed by atoms with Crippen molar-refractivity contribution >= 4 is 51.8 Å². The molecule has 0 spiro atoms. The summed E-state index contributed by atoms with van der Waals surface area (Å²) in [5.41, 5.74) is 3.32. The van der Waals surface area contributed by atoms with E-state index >= 15 is 0 Å². The Labute approximate surface area is 129 Å². The molecular formula is C13H12AlN7. The monoisotopic (exact) mass is 293 g/mol. The molecule has 3 aromatic rings. The van der Waals surface area contributed by atoms with Crippen LogP contribution in [0.2, 0.25) is 0 Å². The number of aromatic nitrogens is 4. The van der Waals surface area contributed by atoms with Crippen molar-refractivity contribution in [2.45, 2.75) is 6.92 Å². The van der Waals surface area contributed by atoms with Crippen molar-refractivity contribution in [2.24, 2.45) is 5.10 Å². The highest BCUT2D eigenvalue weighted by Crippen LogP contribution is 2.22. The van der Waals surface area contributed by atoms with E-state index in [0.717, 1.165) is 5.69 Å². The smallest absolute Gasteiger partial charge is 0.308 e. The largest absolute Gasteiger partial charge is 0.475 e. The van der Waals surface area contributed by atoms with E-state index in [2.05, 4.69) is 52.9 Å². The minimum atomic E-state index is 0.464. The van der Waals surface area contributed by atoms with E-state index < -0.39 is 0 Å².